The Morgan fingerprint density at radius 1 is 1.05 bits per heavy atom. The Morgan fingerprint density at radius 3 is 2.27 bits per heavy atom. The molecule has 2 atom stereocenters. The number of nitrogens with one attached hydrogen (secondary N) is 2. The molecule has 0 bridgehead atoms. The molecule has 4 heteroatoms. The van der Waals surface area contributed by atoms with Crippen molar-refractivity contribution in [1.29, 1.82) is 0 Å². The molecule has 0 saturated heterocycles. The van der Waals surface area contributed by atoms with Gasteiger partial charge in [0.25, 0.3) is 0 Å². The summed E-state index contributed by atoms with van der Waals surface area (Å²) >= 11 is 0. The summed E-state index contributed by atoms with van der Waals surface area (Å²) < 4.78 is 5.23. The molecule has 22 heavy (non-hydrogen) atoms. The Kier molecular flexibility index (Phi) is 7.17. The van der Waals surface area contributed by atoms with Crippen LogP contribution in [0.4, 0.5) is 4.79 Å². The van der Waals surface area contributed by atoms with Crippen molar-refractivity contribution in [3.05, 3.63) is 0 Å². The second-order valence-electron chi connectivity index (χ2n) is 8.60. The van der Waals surface area contributed by atoms with Crippen molar-refractivity contribution in [1.82, 2.24) is 10.6 Å². The molecule has 4 nitrogen and oxygen atoms in total. The zero-order valence-corrected chi connectivity index (χ0v) is 15.4. The van der Waals surface area contributed by atoms with E-state index >= 15 is 0 Å². The van der Waals surface area contributed by atoms with Crippen molar-refractivity contribution >= 4 is 6.09 Å². The molecule has 0 aromatic heterocycles. The first-order chi connectivity index (χ1) is 10.1. The van der Waals surface area contributed by atoms with Crippen LogP contribution in [0.3, 0.4) is 0 Å². The normalized spacial score (nSPS) is 23.2. The summed E-state index contributed by atoms with van der Waals surface area (Å²) in [7, 11) is 0. The van der Waals surface area contributed by atoms with E-state index in [1.807, 2.05) is 20.8 Å². The first-order valence-electron chi connectivity index (χ1n) is 8.80. The monoisotopic (exact) mass is 312 g/mol. The van der Waals surface area contributed by atoms with Crippen molar-refractivity contribution in [3.8, 4) is 0 Å². The highest BCUT2D eigenvalue weighted by molar-refractivity contribution is 5.67. The van der Waals surface area contributed by atoms with E-state index in [4.69, 9.17) is 4.74 Å². The summed E-state index contributed by atoms with van der Waals surface area (Å²) in [5.74, 6) is 0.750. The zero-order chi connectivity index (χ0) is 16.8. The number of carbonyl (C=O) groups excluding carboxylic acids is 1. The first kappa shape index (κ1) is 19.3. The van der Waals surface area contributed by atoms with Crippen LogP contribution in [0.1, 0.15) is 73.6 Å². The maximum Gasteiger partial charge on any atom is 0.407 e. The van der Waals surface area contributed by atoms with Gasteiger partial charge in [-0.15, -0.1) is 0 Å². The van der Waals surface area contributed by atoms with Crippen molar-refractivity contribution in [2.24, 2.45) is 11.3 Å². The zero-order valence-electron chi connectivity index (χ0n) is 15.4. The molecule has 0 aromatic rings. The second-order valence-corrected chi connectivity index (χ2v) is 8.60. The molecule has 0 radical (unpaired) electrons. The summed E-state index contributed by atoms with van der Waals surface area (Å²) in [6.45, 7) is 14.3. The lowest BCUT2D eigenvalue weighted by molar-refractivity contribution is 0.0527. The molecule has 1 rings (SSSR count). The number of alkyl carbamates (subject to hydrolysis) is 1. The van der Waals surface area contributed by atoms with Gasteiger partial charge in [0.15, 0.2) is 0 Å². The Balaban J connectivity index is 2.22. The lowest BCUT2D eigenvalue weighted by Gasteiger charge is -2.41. The van der Waals surface area contributed by atoms with Crippen molar-refractivity contribution in [2.75, 3.05) is 13.1 Å². The van der Waals surface area contributed by atoms with E-state index in [0.29, 0.717) is 18.0 Å². The Morgan fingerprint density at radius 2 is 1.68 bits per heavy atom. The smallest absolute Gasteiger partial charge is 0.407 e. The Hall–Kier alpha value is -0.770. The van der Waals surface area contributed by atoms with Gasteiger partial charge in [0.1, 0.15) is 5.60 Å². The largest absolute Gasteiger partial charge is 0.444 e. The maximum atomic E-state index is 11.6. The summed E-state index contributed by atoms with van der Waals surface area (Å²) in [5.41, 5.74) is -0.0583. The van der Waals surface area contributed by atoms with E-state index in [1.54, 1.807) is 0 Å². The van der Waals surface area contributed by atoms with E-state index in [1.165, 1.54) is 25.7 Å². The van der Waals surface area contributed by atoms with Crippen LogP contribution in [0.15, 0.2) is 0 Å². The average molecular weight is 312 g/mol. The molecular formula is C18H36N2O2. The highest BCUT2D eigenvalue weighted by Gasteiger charge is 2.33. The van der Waals surface area contributed by atoms with Gasteiger partial charge in [-0.25, -0.2) is 4.79 Å². The summed E-state index contributed by atoms with van der Waals surface area (Å²) in [6, 6.07) is 0.621. The minimum atomic E-state index is -0.426. The lowest BCUT2D eigenvalue weighted by atomic mass is 9.69. The molecule has 2 N–H and O–H groups in total. The van der Waals surface area contributed by atoms with E-state index in [0.717, 1.165) is 18.9 Å². The molecule has 1 amide bonds. The van der Waals surface area contributed by atoms with Gasteiger partial charge in [0.2, 0.25) is 0 Å². The molecule has 2 unspecified atom stereocenters. The second kappa shape index (κ2) is 8.19. The molecule has 1 saturated carbocycles. The number of hydrogen-bond acceptors (Lipinski definition) is 3. The summed E-state index contributed by atoms with van der Waals surface area (Å²) in [4.78, 5) is 11.6. The van der Waals surface area contributed by atoms with Crippen LogP contribution in [-0.2, 0) is 4.74 Å². The highest BCUT2D eigenvalue weighted by Crippen LogP contribution is 2.37. The average Bonchev–Trinajstić information content (AvgIpc) is 2.35. The Labute approximate surface area is 136 Å². The molecule has 1 aliphatic carbocycles. The van der Waals surface area contributed by atoms with Crippen LogP contribution in [0.2, 0.25) is 0 Å². The van der Waals surface area contributed by atoms with Crippen LogP contribution in [0.5, 0.6) is 0 Å². The molecule has 1 fully saturated rings. The van der Waals surface area contributed by atoms with E-state index in [9.17, 15) is 4.79 Å². The fourth-order valence-electron chi connectivity index (χ4n) is 3.29. The van der Waals surface area contributed by atoms with Gasteiger partial charge < -0.3 is 15.4 Å². The van der Waals surface area contributed by atoms with Crippen molar-refractivity contribution in [2.45, 2.75) is 85.3 Å². The quantitative estimate of drug-likeness (QED) is 0.752. The highest BCUT2D eigenvalue weighted by atomic mass is 16.6. The van der Waals surface area contributed by atoms with Gasteiger partial charge >= 0.3 is 6.09 Å². The van der Waals surface area contributed by atoms with Gasteiger partial charge in [-0.3, -0.25) is 0 Å². The lowest BCUT2D eigenvalue weighted by Crippen LogP contribution is -2.45. The molecule has 130 valence electrons. The third-order valence-electron chi connectivity index (χ3n) is 4.31. The minimum absolute atomic E-state index is 0.322. The summed E-state index contributed by atoms with van der Waals surface area (Å²) in [6.07, 6.45) is 5.92. The predicted molar refractivity (Wildman–Crippen MR) is 92.1 cm³/mol. The van der Waals surface area contributed by atoms with E-state index in [-0.39, 0.29) is 6.09 Å². The van der Waals surface area contributed by atoms with Crippen LogP contribution >= 0.6 is 0 Å². The number of ether oxygens (including phenoxy) is 1. The molecule has 0 aromatic carbocycles. The third-order valence-corrected chi connectivity index (χ3v) is 4.31. The van der Waals surface area contributed by atoms with Gasteiger partial charge in [-0.1, -0.05) is 33.6 Å². The fourth-order valence-corrected chi connectivity index (χ4v) is 3.29. The van der Waals surface area contributed by atoms with Crippen LogP contribution in [0, 0.1) is 11.3 Å². The SMILES string of the molecule is CC(C)(C)OC(=O)NCCCNC1CCCCC1C(C)(C)C. The van der Waals surface area contributed by atoms with Gasteiger partial charge in [-0.2, -0.15) is 0 Å². The number of amides is 1. The predicted octanol–water partition coefficient (Wildman–Crippen LogP) is 4.10. The molecule has 0 heterocycles. The molecule has 1 aliphatic rings. The number of carbonyl (C=O) groups is 1. The fraction of sp³-hybridized carbons (Fsp3) is 0.944. The first-order valence-corrected chi connectivity index (χ1v) is 8.80. The molecule has 0 aliphatic heterocycles. The van der Waals surface area contributed by atoms with Crippen LogP contribution in [-0.4, -0.2) is 30.8 Å². The molecule has 0 spiro atoms. The van der Waals surface area contributed by atoms with E-state index in [2.05, 4.69) is 31.4 Å². The third kappa shape index (κ3) is 7.48. The standard InChI is InChI=1S/C18H36N2O2/c1-17(2,3)14-10-7-8-11-15(14)19-12-9-13-20-16(21)22-18(4,5)6/h14-15,19H,7-13H2,1-6H3,(H,20,21). The van der Waals surface area contributed by atoms with Crippen LogP contribution in [0.25, 0.3) is 0 Å². The van der Waals surface area contributed by atoms with Gasteiger partial charge in [-0.05, 0) is 57.9 Å². The minimum Gasteiger partial charge on any atom is -0.444 e. The molecular weight excluding hydrogens is 276 g/mol. The van der Waals surface area contributed by atoms with Crippen molar-refractivity contribution < 1.29 is 9.53 Å². The van der Waals surface area contributed by atoms with Crippen molar-refractivity contribution in [3.63, 3.8) is 0 Å². The summed E-state index contributed by atoms with van der Waals surface area (Å²) in [5, 5.41) is 6.53. The Bertz CT molecular complexity index is 342. The van der Waals surface area contributed by atoms with E-state index < -0.39 is 5.60 Å². The van der Waals surface area contributed by atoms with Gasteiger partial charge in [0, 0.05) is 12.6 Å². The maximum absolute atomic E-state index is 11.6. The van der Waals surface area contributed by atoms with Crippen LogP contribution < -0.4 is 10.6 Å². The topological polar surface area (TPSA) is 50.4 Å². The number of rotatable bonds is 5. The number of hydrogen-bond donors (Lipinski definition) is 2. The van der Waals surface area contributed by atoms with Gasteiger partial charge in [0.05, 0.1) is 0 Å².